The van der Waals surface area contributed by atoms with Gasteiger partial charge in [0.15, 0.2) is 10.9 Å². The number of carbonyl (C=O) groups is 1. The molecule has 0 saturated carbocycles. The highest BCUT2D eigenvalue weighted by atomic mass is 35.5. The number of carbonyl (C=O) groups excluding carboxylic acids is 1. The smallest absolute Gasteiger partial charge is 0.232 e. The summed E-state index contributed by atoms with van der Waals surface area (Å²) in [5.41, 5.74) is 2.77. The minimum absolute atomic E-state index is 0.0378. The van der Waals surface area contributed by atoms with Crippen LogP contribution in [-0.2, 0) is 4.79 Å². The van der Waals surface area contributed by atoms with Gasteiger partial charge in [-0.1, -0.05) is 22.9 Å². The average Bonchev–Trinajstić information content (AvgIpc) is 3.21. The number of amides is 1. The number of benzene rings is 1. The van der Waals surface area contributed by atoms with Crippen LogP contribution < -0.4 is 10.2 Å². The number of hydrogen-bond acceptors (Lipinski definition) is 7. The van der Waals surface area contributed by atoms with E-state index >= 15 is 0 Å². The van der Waals surface area contributed by atoms with Gasteiger partial charge in [-0.25, -0.2) is 19.6 Å². The molecular formula is C20H18ClN7OS. The van der Waals surface area contributed by atoms with Crippen molar-refractivity contribution in [3.8, 4) is 5.82 Å². The molecule has 10 heteroatoms. The van der Waals surface area contributed by atoms with Gasteiger partial charge < -0.3 is 10.2 Å². The third kappa shape index (κ3) is 3.50. The fraction of sp³-hybridized carbons (Fsp3) is 0.250. The van der Waals surface area contributed by atoms with Gasteiger partial charge in [-0.05, 0) is 38.1 Å². The molecule has 0 spiro atoms. The van der Waals surface area contributed by atoms with Gasteiger partial charge >= 0.3 is 0 Å². The van der Waals surface area contributed by atoms with Gasteiger partial charge in [0.2, 0.25) is 5.91 Å². The van der Waals surface area contributed by atoms with E-state index in [0.717, 1.165) is 27.4 Å². The van der Waals surface area contributed by atoms with E-state index in [9.17, 15) is 4.79 Å². The van der Waals surface area contributed by atoms with E-state index in [2.05, 4.69) is 30.3 Å². The number of nitrogens with zero attached hydrogens (tertiary/aromatic N) is 6. The van der Waals surface area contributed by atoms with Crippen molar-refractivity contribution >= 4 is 50.0 Å². The number of nitrogens with one attached hydrogen (secondary N) is 1. The Morgan fingerprint density at radius 2 is 1.97 bits per heavy atom. The molecule has 0 aliphatic carbocycles. The lowest BCUT2D eigenvalue weighted by atomic mass is 9.99. The van der Waals surface area contributed by atoms with Gasteiger partial charge in [0.05, 0.1) is 21.8 Å². The van der Waals surface area contributed by atoms with Crippen LogP contribution in [0.3, 0.4) is 0 Å². The quantitative estimate of drug-likeness (QED) is 0.522. The molecule has 1 fully saturated rings. The molecule has 4 aromatic rings. The van der Waals surface area contributed by atoms with Crippen LogP contribution in [0.15, 0.2) is 36.7 Å². The molecule has 1 aromatic carbocycles. The summed E-state index contributed by atoms with van der Waals surface area (Å²) in [6.07, 6.45) is 1.53. The normalized spacial score (nSPS) is 14.2. The molecule has 1 N–H and O–H groups in total. The Morgan fingerprint density at radius 3 is 2.73 bits per heavy atom. The van der Waals surface area contributed by atoms with Crippen LogP contribution >= 0.6 is 22.9 Å². The molecule has 3 aromatic heterocycles. The first-order chi connectivity index (χ1) is 14.5. The van der Waals surface area contributed by atoms with E-state index in [-0.39, 0.29) is 11.8 Å². The van der Waals surface area contributed by atoms with E-state index < -0.39 is 0 Å². The first kappa shape index (κ1) is 19.0. The molecule has 0 bridgehead atoms. The first-order valence-corrected chi connectivity index (χ1v) is 10.6. The molecular weight excluding hydrogens is 422 g/mol. The predicted octanol–water partition coefficient (Wildman–Crippen LogP) is 3.62. The van der Waals surface area contributed by atoms with Crippen molar-refractivity contribution in [2.24, 2.45) is 5.92 Å². The number of aryl methyl sites for hydroxylation is 2. The Balaban J connectivity index is 1.25. The number of aromatic nitrogens is 5. The number of fused-ring (bicyclic) bond motifs is 1. The van der Waals surface area contributed by atoms with Crippen molar-refractivity contribution in [2.75, 3.05) is 23.3 Å². The second-order valence-corrected chi connectivity index (χ2v) is 8.76. The fourth-order valence-electron chi connectivity index (χ4n) is 3.48. The van der Waals surface area contributed by atoms with Gasteiger partial charge in [0.25, 0.3) is 0 Å². The summed E-state index contributed by atoms with van der Waals surface area (Å²) in [5, 5.41) is 8.64. The second-order valence-electron chi connectivity index (χ2n) is 7.30. The van der Waals surface area contributed by atoms with Gasteiger partial charge in [0, 0.05) is 29.9 Å². The SMILES string of the molecule is Cc1cc(C)n(-c2cc(N3CC(C(=O)Nc4nc5ccc(Cl)cc5s4)C3)ncn2)n1. The number of rotatable bonds is 4. The van der Waals surface area contributed by atoms with Crippen LogP contribution in [0.5, 0.6) is 0 Å². The van der Waals surface area contributed by atoms with Crippen molar-refractivity contribution in [3.05, 3.63) is 53.1 Å². The van der Waals surface area contributed by atoms with Crippen LogP contribution in [0.1, 0.15) is 11.4 Å². The minimum atomic E-state index is -0.118. The summed E-state index contributed by atoms with van der Waals surface area (Å²) in [7, 11) is 0. The van der Waals surface area contributed by atoms with Crippen LogP contribution in [-0.4, -0.2) is 43.7 Å². The zero-order valence-corrected chi connectivity index (χ0v) is 17.9. The Kier molecular flexibility index (Phi) is 4.63. The fourth-order valence-corrected chi connectivity index (χ4v) is 4.62. The molecule has 5 rings (SSSR count). The van der Waals surface area contributed by atoms with E-state index in [0.29, 0.717) is 29.1 Å². The average molecular weight is 440 g/mol. The van der Waals surface area contributed by atoms with Crippen LogP contribution in [0, 0.1) is 19.8 Å². The summed E-state index contributed by atoms with van der Waals surface area (Å²) < 4.78 is 2.75. The Bertz CT molecular complexity index is 1260. The standard InChI is InChI=1S/C20H18ClN7OS/c1-11-5-12(2)28(26-11)18-7-17(22-10-23-18)27-8-13(9-27)19(29)25-20-24-15-4-3-14(21)6-16(15)30-20/h3-7,10,13H,8-9H2,1-2H3,(H,24,25,29). The first-order valence-electron chi connectivity index (χ1n) is 9.44. The molecule has 1 aliphatic rings. The lowest BCUT2D eigenvalue weighted by molar-refractivity contribution is -0.120. The molecule has 4 heterocycles. The van der Waals surface area contributed by atoms with E-state index in [1.165, 1.54) is 17.7 Å². The summed E-state index contributed by atoms with van der Waals surface area (Å²) in [4.78, 5) is 27.8. The highest BCUT2D eigenvalue weighted by Gasteiger charge is 2.34. The topological polar surface area (TPSA) is 88.8 Å². The zero-order chi connectivity index (χ0) is 20.8. The number of thiazole rings is 1. The summed E-state index contributed by atoms with van der Waals surface area (Å²) in [6, 6.07) is 9.39. The Morgan fingerprint density at radius 1 is 1.17 bits per heavy atom. The van der Waals surface area contributed by atoms with E-state index in [4.69, 9.17) is 11.6 Å². The van der Waals surface area contributed by atoms with Gasteiger partial charge in [-0.2, -0.15) is 5.10 Å². The van der Waals surface area contributed by atoms with Gasteiger partial charge in [-0.3, -0.25) is 4.79 Å². The summed E-state index contributed by atoms with van der Waals surface area (Å²) in [5.74, 6) is 1.34. The highest BCUT2D eigenvalue weighted by Crippen LogP contribution is 2.30. The Hall–Kier alpha value is -3.04. The van der Waals surface area contributed by atoms with Crippen molar-refractivity contribution in [1.29, 1.82) is 0 Å². The minimum Gasteiger partial charge on any atom is -0.355 e. The van der Waals surface area contributed by atoms with Crippen molar-refractivity contribution in [2.45, 2.75) is 13.8 Å². The monoisotopic (exact) mass is 439 g/mol. The molecule has 0 unspecified atom stereocenters. The van der Waals surface area contributed by atoms with Gasteiger partial charge in [0.1, 0.15) is 12.1 Å². The molecule has 8 nitrogen and oxygen atoms in total. The number of halogens is 1. The van der Waals surface area contributed by atoms with Crippen molar-refractivity contribution in [3.63, 3.8) is 0 Å². The lowest BCUT2D eigenvalue weighted by Crippen LogP contribution is -2.52. The van der Waals surface area contributed by atoms with Crippen LogP contribution in [0.2, 0.25) is 5.02 Å². The van der Waals surface area contributed by atoms with E-state index in [1.54, 1.807) is 10.7 Å². The largest absolute Gasteiger partial charge is 0.355 e. The second kappa shape index (κ2) is 7.33. The van der Waals surface area contributed by atoms with Crippen molar-refractivity contribution < 1.29 is 4.79 Å². The summed E-state index contributed by atoms with van der Waals surface area (Å²) in [6.45, 7) is 5.12. The summed E-state index contributed by atoms with van der Waals surface area (Å²) >= 11 is 7.44. The van der Waals surface area contributed by atoms with Crippen molar-refractivity contribution in [1.82, 2.24) is 24.7 Å². The van der Waals surface area contributed by atoms with E-state index in [1.807, 2.05) is 38.1 Å². The molecule has 1 aliphatic heterocycles. The van der Waals surface area contributed by atoms with Crippen LogP contribution in [0.4, 0.5) is 10.9 Å². The number of hydrogen-bond donors (Lipinski definition) is 1. The third-order valence-corrected chi connectivity index (χ3v) is 6.19. The molecule has 30 heavy (non-hydrogen) atoms. The van der Waals surface area contributed by atoms with Gasteiger partial charge in [-0.15, -0.1) is 0 Å². The maximum atomic E-state index is 12.6. The molecule has 1 saturated heterocycles. The molecule has 0 radical (unpaired) electrons. The maximum Gasteiger partial charge on any atom is 0.232 e. The van der Waals surface area contributed by atoms with Crippen LogP contribution in [0.25, 0.3) is 16.0 Å². The lowest BCUT2D eigenvalue weighted by Gasteiger charge is -2.38. The molecule has 0 atom stereocenters. The molecule has 152 valence electrons. The predicted molar refractivity (Wildman–Crippen MR) is 118 cm³/mol. The Labute approximate surface area is 181 Å². The third-order valence-electron chi connectivity index (χ3n) is 5.02. The zero-order valence-electron chi connectivity index (χ0n) is 16.3. The number of anilines is 2. The maximum absolute atomic E-state index is 12.6. The molecule has 1 amide bonds. The highest BCUT2D eigenvalue weighted by molar-refractivity contribution is 7.22.